The lowest BCUT2D eigenvalue weighted by atomic mass is 10.2. The first-order valence-electron chi connectivity index (χ1n) is 7.89. The molecule has 0 saturated carbocycles. The zero-order valence-electron chi connectivity index (χ0n) is 14.3. The molecule has 27 heavy (non-hydrogen) atoms. The summed E-state index contributed by atoms with van der Waals surface area (Å²) in [6.07, 6.45) is 2.04. The minimum absolute atomic E-state index is 0.0174. The third kappa shape index (κ3) is 6.74. The summed E-state index contributed by atoms with van der Waals surface area (Å²) in [5.74, 6) is 0.235. The van der Waals surface area contributed by atoms with Crippen LogP contribution in [0.5, 0.6) is 5.75 Å². The standard InChI is InChI=1S/C17H17Cl2N3O4S/c1-10-12(6-8-25-10)16(24)21-22-17(27)20-15(23)3-2-7-26-14-5-4-11(18)9-13(14)19/h4-6,8-9H,2-3,7H2,1H3,(H,21,24)(H2,20,22,23,27). The Bertz CT molecular complexity index is 841. The van der Waals surface area contributed by atoms with Gasteiger partial charge in [0.15, 0.2) is 5.11 Å². The van der Waals surface area contributed by atoms with Gasteiger partial charge in [0.25, 0.3) is 5.91 Å². The molecule has 1 aromatic carbocycles. The van der Waals surface area contributed by atoms with E-state index in [-0.39, 0.29) is 17.4 Å². The molecule has 0 aliphatic rings. The smallest absolute Gasteiger partial charge is 0.273 e. The van der Waals surface area contributed by atoms with Crippen LogP contribution < -0.4 is 20.9 Å². The summed E-state index contributed by atoms with van der Waals surface area (Å²) in [4.78, 5) is 23.7. The monoisotopic (exact) mass is 429 g/mol. The predicted molar refractivity (Wildman–Crippen MR) is 106 cm³/mol. The number of benzene rings is 1. The van der Waals surface area contributed by atoms with Gasteiger partial charge in [-0.1, -0.05) is 23.2 Å². The fraction of sp³-hybridized carbons (Fsp3) is 0.235. The molecular formula is C17H17Cl2N3O4S. The third-order valence-electron chi connectivity index (χ3n) is 3.35. The van der Waals surface area contributed by atoms with Gasteiger partial charge < -0.3 is 14.5 Å². The van der Waals surface area contributed by atoms with Crippen molar-refractivity contribution in [3.05, 3.63) is 51.9 Å². The maximum atomic E-state index is 11.9. The molecule has 0 spiro atoms. The van der Waals surface area contributed by atoms with Gasteiger partial charge in [-0.25, -0.2) is 0 Å². The van der Waals surface area contributed by atoms with Crippen molar-refractivity contribution in [3.8, 4) is 5.75 Å². The number of furan rings is 1. The van der Waals surface area contributed by atoms with Crippen LogP contribution in [-0.4, -0.2) is 23.5 Å². The van der Waals surface area contributed by atoms with E-state index in [4.69, 9.17) is 44.6 Å². The largest absolute Gasteiger partial charge is 0.492 e. The first-order chi connectivity index (χ1) is 12.9. The molecule has 0 aliphatic heterocycles. The van der Waals surface area contributed by atoms with E-state index in [1.165, 1.54) is 12.3 Å². The van der Waals surface area contributed by atoms with Gasteiger partial charge in [0.2, 0.25) is 5.91 Å². The van der Waals surface area contributed by atoms with Gasteiger partial charge in [-0.2, -0.15) is 0 Å². The van der Waals surface area contributed by atoms with Gasteiger partial charge in [-0.05, 0) is 49.8 Å². The topological polar surface area (TPSA) is 92.6 Å². The normalized spacial score (nSPS) is 10.2. The quantitative estimate of drug-likeness (QED) is 0.370. The second-order valence-corrected chi connectivity index (χ2v) is 6.63. The van der Waals surface area contributed by atoms with E-state index in [0.29, 0.717) is 40.1 Å². The number of rotatable bonds is 6. The maximum absolute atomic E-state index is 11.9. The second-order valence-electron chi connectivity index (χ2n) is 5.37. The highest BCUT2D eigenvalue weighted by Gasteiger charge is 2.12. The SMILES string of the molecule is Cc1occc1C(=O)NNC(=S)NC(=O)CCCOc1ccc(Cl)cc1Cl. The van der Waals surface area contributed by atoms with Gasteiger partial charge in [-0.15, -0.1) is 0 Å². The Balaban J connectivity index is 1.64. The van der Waals surface area contributed by atoms with Crippen molar-refractivity contribution in [2.24, 2.45) is 0 Å². The van der Waals surface area contributed by atoms with Crippen molar-refractivity contribution in [1.82, 2.24) is 16.2 Å². The molecule has 0 unspecified atom stereocenters. The number of nitrogens with one attached hydrogen (secondary N) is 3. The van der Waals surface area contributed by atoms with Gasteiger partial charge in [0.1, 0.15) is 11.5 Å². The summed E-state index contributed by atoms with van der Waals surface area (Å²) in [7, 11) is 0. The number of ether oxygens (including phenoxy) is 1. The maximum Gasteiger partial charge on any atom is 0.273 e. The fourth-order valence-corrected chi connectivity index (χ4v) is 2.66. The summed E-state index contributed by atoms with van der Waals surface area (Å²) in [6.45, 7) is 1.96. The summed E-state index contributed by atoms with van der Waals surface area (Å²) in [6, 6.07) is 6.43. The number of hydrazine groups is 1. The van der Waals surface area contributed by atoms with Crippen molar-refractivity contribution in [3.63, 3.8) is 0 Å². The Labute approximate surface area is 171 Å². The van der Waals surface area contributed by atoms with Crippen LogP contribution in [0.4, 0.5) is 0 Å². The van der Waals surface area contributed by atoms with E-state index >= 15 is 0 Å². The molecule has 0 aliphatic carbocycles. The highest BCUT2D eigenvalue weighted by atomic mass is 35.5. The molecule has 2 rings (SSSR count). The minimum Gasteiger partial charge on any atom is -0.492 e. The van der Waals surface area contributed by atoms with Crippen LogP contribution in [0, 0.1) is 6.92 Å². The van der Waals surface area contributed by atoms with E-state index in [1.807, 2.05) is 0 Å². The van der Waals surface area contributed by atoms with Crippen LogP contribution in [0.15, 0.2) is 34.9 Å². The van der Waals surface area contributed by atoms with Crippen molar-refractivity contribution in [1.29, 1.82) is 0 Å². The Morgan fingerprint density at radius 2 is 2.00 bits per heavy atom. The summed E-state index contributed by atoms with van der Waals surface area (Å²) in [5.41, 5.74) is 5.20. The molecule has 2 amide bonds. The Hall–Kier alpha value is -2.29. The van der Waals surface area contributed by atoms with Crippen LogP contribution in [0.3, 0.4) is 0 Å². The number of carbonyl (C=O) groups excluding carboxylic acids is 2. The molecule has 3 N–H and O–H groups in total. The first kappa shape index (κ1) is 21.0. The van der Waals surface area contributed by atoms with Gasteiger partial charge in [0, 0.05) is 11.4 Å². The lowest BCUT2D eigenvalue weighted by molar-refractivity contribution is -0.119. The van der Waals surface area contributed by atoms with Gasteiger partial charge >= 0.3 is 0 Å². The second kappa shape index (κ2) is 10.1. The predicted octanol–water partition coefficient (Wildman–Crippen LogP) is 3.39. The van der Waals surface area contributed by atoms with Gasteiger partial charge in [-0.3, -0.25) is 20.4 Å². The van der Waals surface area contributed by atoms with Crippen LogP contribution in [0.2, 0.25) is 10.0 Å². The van der Waals surface area contributed by atoms with E-state index in [0.717, 1.165) is 0 Å². The van der Waals surface area contributed by atoms with Gasteiger partial charge in [0.05, 0.1) is 23.5 Å². The molecule has 0 fully saturated rings. The van der Waals surface area contributed by atoms with E-state index in [1.54, 1.807) is 25.1 Å². The van der Waals surface area contributed by atoms with Crippen molar-refractivity contribution < 1.29 is 18.7 Å². The Morgan fingerprint density at radius 1 is 1.22 bits per heavy atom. The van der Waals surface area contributed by atoms with Crippen LogP contribution in [0.25, 0.3) is 0 Å². The average Bonchev–Trinajstić information content (AvgIpc) is 3.04. The zero-order chi connectivity index (χ0) is 19.8. The molecule has 144 valence electrons. The summed E-state index contributed by atoms with van der Waals surface area (Å²) < 4.78 is 10.5. The number of carbonyl (C=O) groups is 2. The molecule has 10 heteroatoms. The summed E-state index contributed by atoms with van der Waals surface area (Å²) in [5, 5.41) is 3.36. The molecule has 0 atom stereocenters. The third-order valence-corrected chi connectivity index (χ3v) is 4.08. The number of hydrogen-bond acceptors (Lipinski definition) is 5. The molecule has 0 saturated heterocycles. The van der Waals surface area contributed by atoms with Crippen LogP contribution >= 0.6 is 35.4 Å². The lowest BCUT2D eigenvalue weighted by Crippen LogP contribution is -2.48. The molecule has 0 radical (unpaired) electrons. The van der Waals surface area contributed by atoms with Crippen molar-refractivity contribution in [2.75, 3.05) is 6.61 Å². The molecule has 1 heterocycles. The molecule has 1 aromatic heterocycles. The number of aryl methyl sites for hydroxylation is 1. The van der Waals surface area contributed by atoms with E-state index in [2.05, 4.69) is 16.2 Å². The fourth-order valence-electron chi connectivity index (χ4n) is 2.03. The molecular weight excluding hydrogens is 413 g/mol. The average molecular weight is 430 g/mol. The molecule has 0 bridgehead atoms. The number of amides is 2. The highest BCUT2D eigenvalue weighted by Crippen LogP contribution is 2.27. The lowest BCUT2D eigenvalue weighted by Gasteiger charge is -2.11. The van der Waals surface area contributed by atoms with Crippen LogP contribution in [-0.2, 0) is 4.79 Å². The molecule has 2 aromatic rings. The zero-order valence-corrected chi connectivity index (χ0v) is 16.6. The Kier molecular flexibility index (Phi) is 7.90. The molecule has 7 nitrogen and oxygen atoms in total. The van der Waals surface area contributed by atoms with Crippen LogP contribution in [0.1, 0.15) is 29.0 Å². The van der Waals surface area contributed by atoms with E-state index in [9.17, 15) is 9.59 Å². The first-order valence-corrected chi connectivity index (χ1v) is 9.05. The number of hydrogen-bond donors (Lipinski definition) is 3. The minimum atomic E-state index is -0.425. The number of thiocarbonyl (C=S) groups is 1. The highest BCUT2D eigenvalue weighted by molar-refractivity contribution is 7.80. The summed E-state index contributed by atoms with van der Waals surface area (Å²) >= 11 is 16.8. The van der Waals surface area contributed by atoms with Crippen molar-refractivity contribution in [2.45, 2.75) is 19.8 Å². The number of halogens is 2. The van der Waals surface area contributed by atoms with E-state index < -0.39 is 5.91 Å². The Morgan fingerprint density at radius 3 is 2.67 bits per heavy atom. The van der Waals surface area contributed by atoms with Crippen molar-refractivity contribution >= 4 is 52.3 Å².